The first-order chi connectivity index (χ1) is 63.8. The monoisotopic (exact) mass is 1980 g/mol. The molecule has 6 aliphatic heterocycles. The van der Waals surface area contributed by atoms with E-state index in [0.29, 0.717) is 62.5 Å². The van der Waals surface area contributed by atoms with E-state index >= 15 is 0 Å². The summed E-state index contributed by atoms with van der Waals surface area (Å²) in [6.07, 6.45) is 10.7. The Morgan fingerprint density at radius 3 is 1.04 bits per heavy atom. The molecule has 2 N–H and O–H groups in total. The third-order valence-electron chi connectivity index (χ3n) is 22.7. The molecule has 0 aliphatic carbocycles. The molecule has 0 unspecified atom stereocenters. The van der Waals surface area contributed by atoms with E-state index in [1.54, 1.807) is 110 Å². The minimum absolute atomic E-state index is 0.0660. The van der Waals surface area contributed by atoms with Crippen molar-refractivity contribution in [3.63, 3.8) is 0 Å². The third kappa shape index (κ3) is 40.0. The summed E-state index contributed by atoms with van der Waals surface area (Å²) in [5.74, 6) is 1.96. The fraction of sp³-hybridized carbons (Fsp3) is 0.481. The topological polar surface area (TPSA) is 249 Å². The lowest BCUT2D eigenvalue weighted by molar-refractivity contribution is -0.0505. The largest absolute Gasteiger partial charge is 0.534 e. The number of phenols is 2. The molecule has 0 radical (unpaired) electrons. The molecule has 6 aliphatic rings. The van der Waals surface area contributed by atoms with Crippen molar-refractivity contribution in [2.75, 3.05) is 107 Å². The highest BCUT2D eigenvalue weighted by Gasteiger charge is 2.50. The summed E-state index contributed by atoms with van der Waals surface area (Å²) in [6.45, 7) is 41.6. The highest BCUT2D eigenvalue weighted by atomic mass is 32.2. The zero-order valence-electron chi connectivity index (χ0n) is 83.3. The van der Waals surface area contributed by atoms with Crippen LogP contribution in [0.1, 0.15) is 217 Å². The molecule has 0 aromatic heterocycles. The average molecular weight is 1980 g/mol. The number of rotatable bonds is 14. The van der Waals surface area contributed by atoms with Crippen LogP contribution in [0.4, 0.5) is 26.3 Å². The Hall–Kier alpha value is -8.73. The van der Waals surface area contributed by atoms with Gasteiger partial charge in [-0.1, -0.05) is 210 Å². The first-order valence-electron chi connectivity index (χ1n) is 46.8. The van der Waals surface area contributed by atoms with E-state index in [1.165, 1.54) is 96.6 Å². The summed E-state index contributed by atoms with van der Waals surface area (Å²) in [4.78, 5) is 14.8. The Bertz CT molecular complexity index is 5590. The molecule has 0 saturated carbocycles. The summed E-state index contributed by atoms with van der Waals surface area (Å²) in [6, 6.07) is 58.6. The maximum absolute atomic E-state index is 12.6. The molecular weight excluding hydrogens is 1830 g/mol. The normalized spacial score (nSPS) is 15.7. The zero-order chi connectivity index (χ0) is 102. The van der Waals surface area contributed by atoms with Crippen molar-refractivity contribution in [3.05, 3.63) is 278 Å². The quantitative estimate of drug-likeness (QED) is 0.0583. The van der Waals surface area contributed by atoms with E-state index in [2.05, 4.69) is 102 Å². The van der Waals surface area contributed by atoms with Crippen molar-refractivity contribution in [2.45, 2.75) is 236 Å². The molecule has 6 heterocycles. The van der Waals surface area contributed by atoms with Gasteiger partial charge in [0.25, 0.3) is 0 Å². The fourth-order valence-electron chi connectivity index (χ4n) is 15.2. The predicted octanol–water partition coefficient (Wildman–Crippen LogP) is 22.5. The zero-order valence-corrected chi connectivity index (χ0v) is 87.4. The smallest absolute Gasteiger partial charge is 0.508 e. The van der Waals surface area contributed by atoms with E-state index in [4.69, 9.17) is 0 Å². The van der Waals surface area contributed by atoms with Gasteiger partial charge in [0.2, 0.25) is 0 Å². The van der Waals surface area contributed by atoms with Crippen molar-refractivity contribution in [2.24, 2.45) is 0 Å². The molecule has 752 valence electrons. The van der Waals surface area contributed by atoms with Gasteiger partial charge in [-0.15, -0.1) is 0 Å². The number of likely N-dealkylation sites (N-methyl/N-ethyl adjacent to an activating group) is 3. The number of aromatic hydroxyl groups is 2. The SMILES string of the molecule is CC.CC.CC.CC.CC.CC.CN1CCc2cc(CS(=O)(=O)c3ccccc3)ccc2C1.CN1CCc2cc(O)ccc2C1.CN1CCc2cc(OS(=O)(=O)C(F)(F)F)ccc2C1.CS(=O)(=O)c1ccccc1.Cc1cc(C2CCN(C)CC2)ccc1CS(=O)(=O)c1ccccc1.Cc1cc(C2CCN(C)CC2)ccc1O.Cc1cc(C2CCN(C)CC2)ccc1OS(=O)(=O)C(F)(F)F. The lowest BCUT2D eigenvalue weighted by atomic mass is 9.88. The van der Waals surface area contributed by atoms with Gasteiger partial charge in [-0.3, -0.25) is 0 Å². The van der Waals surface area contributed by atoms with Crippen LogP contribution >= 0.6 is 0 Å². The van der Waals surface area contributed by atoms with Crippen molar-refractivity contribution in [3.8, 4) is 23.0 Å². The first kappa shape index (κ1) is 120. The van der Waals surface area contributed by atoms with Gasteiger partial charge in [0.1, 0.15) is 23.0 Å². The molecule has 20 nitrogen and oxygen atoms in total. The number of alkyl halides is 6. The molecule has 3 fully saturated rings. The van der Waals surface area contributed by atoms with Crippen LogP contribution in [-0.2, 0) is 100 Å². The van der Waals surface area contributed by atoms with Gasteiger partial charge in [-0.25, -0.2) is 25.3 Å². The standard InChI is InChI=1S/C20H25NO2S.C17H19NO2S.C14H18F3NO3S.C13H19NO.C11H12F3NO3S.C10H13NO.C7H8O2S.6C2H6/c1-16-14-18(17-10-12-21(2)13-11-17)8-9-19(16)15-24(22,23)20-6-4-3-5-7-20;1-18-10-9-15-11-14(7-8-16(15)12-18)13-21(19,20)17-5-3-2-4-6-17;1-10-9-12(11-5-7-18(2)8-6-11)3-4-13(10)21-22(19,20)14(15,16)17;1-10-9-12(3-4-13(10)15)11-5-7-14(2)8-6-11;1-15-5-4-8-6-10(3-2-9(8)7-15)18-19(16,17)11(12,13)14;1-11-5-4-8-6-10(12)3-2-9(8)7-11;1-10(8,9)7-5-3-2-4-6-7;6*1-2/h3-9,14,17H,10-13,15H2,1-2H3;2-8,11H,9-10,12-13H2,1H3;3-4,9,11H,5-8H2,1-2H3;3-4,9,11,15H,5-8H2,1-2H3;2-3,6H,4-5,7H2,1H3;2-3,6,12H,4-5,7H2,1H3;2-6H,1H3;6*1-2H3. The Morgan fingerprint density at radius 1 is 0.333 bits per heavy atom. The van der Waals surface area contributed by atoms with E-state index in [0.717, 1.165) is 124 Å². The van der Waals surface area contributed by atoms with Crippen LogP contribution in [0, 0.1) is 20.8 Å². The van der Waals surface area contributed by atoms with Crippen LogP contribution in [0.25, 0.3) is 0 Å². The minimum atomic E-state index is -5.62. The van der Waals surface area contributed by atoms with E-state index < -0.39 is 60.8 Å². The van der Waals surface area contributed by atoms with Gasteiger partial charge >= 0.3 is 31.3 Å². The first-order valence-corrected chi connectivity index (χ1v) is 54.8. The number of hydrogen-bond donors (Lipinski definition) is 2. The Labute approximate surface area is 805 Å². The molecule has 0 spiro atoms. The molecule has 9 aromatic rings. The number of sulfone groups is 3. The van der Waals surface area contributed by atoms with Crippen LogP contribution < -0.4 is 8.37 Å². The van der Waals surface area contributed by atoms with E-state index in [1.807, 2.05) is 153 Å². The van der Waals surface area contributed by atoms with Crippen LogP contribution in [-0.4, -0.2) is 200 Å². The van der Waals surface area contributed by atoms with Crippen LogP contribution in [0.2, 0.25) is 0 Å². The number of hydrogen-bond acceptors (Lipinski definition) is 20. The Balaban J connectivity index is 0.000000403. The maximum atomic E-state index is 12.6. The number of aryl methyl sites for hydroxylation is 3. The summed E-state index contributed by atoms with van der Waals surface area (Å²) >= 11 is 0. The second kappa shape index (κ2) is 58.9. The van der Waals surface area contributed by atoms with E-state index in [-0.39, 0.29) is 23.0 Å². The van der Waals surface area contributed by atoms with Gasteiger partial charge in [-0.2, -0.15) is 43.2 Å². The van der Waals surface area contributed by atoms with Crippen molar-refractivity contribution < 1.29 is 87.0 Å². The molecule has 15 rings (SSSR count). The molecule has 0 bridgehead atoms. The van der Waals surface area contributed by atoms with Crippen molar-refractivity contribution in [1.82, 2.24) is 29.4 Å². The van der Waals surface area contributed by atoms with Gasteiger partial charge in [0, 0.05) is 45.5 Å². The summed E-state index contributed by atoms with van der Waals surface area (Å²) in [5.41, 5.74) is 4.14. The second-order valence-electron chi connectivity index (χ2n) is 32.6. The summed E-state index contributed by atoms with van der Waals surface area (Å²) < 4.78 is 197. The number of piperidine rings is 3. The Morgan fingerprint density at radius 2 is 0.667 bits per heavy atom. The third-order valence-corrected chi connectivity index (χ3v) is 29.1. The van der Waals surface area contributed by atoms with Crippen molar-refractivity contribution in [1.29, 1.82) is 0 Å². The number of fused-ring (bicyclic) bond motifs is 3. The number of phenolic OH excluding ortho intramolecular Hbond substituents is 2. The van der Waals surface area contributed by atoms with Crippen molar-refractivity contribution >= 4 is 49.7 Å². The fourth-order valence-corrected chi connectivity index (χ4v) is 19.7. The predicted molar refractivity (Wildman–Crippen MR) is 538 cm³/mol. The Kier molecular flexibility index (Phi) is 52.5. The lowest BCUT2D eigenvalue weighted by Gasteiger charge is -2.29. The second-order valence-corrected chi connectivity index (χ2v) is 41.7. The van der Waals surface area contributed by atoms with Crippen LogP contribution in [0.3, 0.4) is 0 Å². The van der Waals surface area contributed by atoms with Gasteiger partial charge in [0.05, 0.1) is 26.2 Å². The molecule has 135 heavy (non-hydrogen) atoms. The summed E-state index contributed by atoms with van der Waals surface area (Å²) in [5, 5.41) is 18.7. The van der Waals surface area contributed by atoms with Gasteiger partial charge in [-0.05, 0) is 329 Å². The number of benzene rings is 9. The average Bonchev–Trinajstić information content (AvgIpc) is 0.811. The summed E-state index contributed by atoms with van der Waals surface area (Å²) in [7, 11) is -8.23. The van der Waals surface area contributed by atoms with Gasteiger partial charge < -0.3 is 48.0 Å². The van der Waals surface area contributed by atoms with E-state index in [9.17, 15) is 78.6 Å². The van der Waals surface area contributed by atoms with Crippen LogP contribution in [0.15, 0.2) is 215 Å². The van der Waals surface area contributed by atoms with Crippen LogP contribution in [0.5, 0.6) is 23.0 Å². The highest BCUT2D eigenvalue weighted by Crippen LogP contribution is 2.37. The number of halogens is 6. The molecule has 3 saturated heterocycles. The molecular formula is C104H150F6N6O14S5. The number of likely N-dealkylation sites (tertiary alicyclic amines) is 3. The van der Waals surface area contributed by atoms with Gasteiger partial charge in [0.15, 0.2) is 29.5 Å². The maximum Gasteiger partial charge on any atom is 0.534 e. The number of nitrogens with zero attached hydrogens (tertiary/aromatic N) is 6. The highest BCUT2D eigenvalue weighted by molar-refractivity contribution is 7.91. The minimum Gasteiger partial charge on any atom is -0.508 e. The molecule has 0 amide bonds. The molecule has 31 heteroatoms. The molecule has 0 atom stereocenters. The lowest BCUT2D eigenvalue weighted by Crippen LogP contribution is -2.29. The molecule has 9 aromatic carbocycles.